The molecule has 0 fully saturated rings. The van der Waals surface area contributed by atoms with E-state index >= 15 is 0 Å². The molecule has 1 aliphatic heterocycles. The molecule has 1 N–H and O–H groups in total. The Labute approximate surface area is 93.9 Å². The fourth-order valence-corrected chi connectivity index (χ4v) is 1.81. The number of allylic oxidation sites excluding steroid dienone is 2. The molecule has 0 aromatic carbocycles. The lowest BCUT2D eigenvalue weighted by atomic mass is 10.3. The molecule has 0 unspecified atom stereocenters. The number of rotatable bonds is 6. The molecule has 0 saturated carbocycles. The molecule has 1 rings (SSSR count). The Morgan fingerprint density at radius 1 is 1.56 bits per heavy atom. The molecule has 6 nitrogen and oxygen atoms in total. The molecule has 0 saturated heterocycles. The van der Waals surface area contributed by atoms with Crippen LogP contribution in [-0.2, 0) is 19.6 Å². The Morgan fingerprint density at radius 2 is 2.31 bits per heavy atom. The van der Waals surface area contributed by atoms with Crippen molar-refractivity contribution in [2.45, 2.75) is 6.42 Å². The van der Waals surface area contributed by atoms with Gasteiger partial charge in [-0.25, -0.2) is 0 Å². The average Bonchev–Trinajstić information content (AvgIpc) is 2.17. The van der Waals surface area contributed by atoms with E-state index in [2.05, 4.69) is 4.74 Å². The highest BCUT2D eigenvalue weighted by Gasteiger charge is 2.10. The van der Waals surface area contributed by atoms with Crippen molar-refractivity contribution in [2.75, 3.05) is 18.8 Å². The molecule has 0 bridgehead atoms. The van der Waals surface area contributed by atoms with E-state index in [0.29, 0.717) is 31.7 Å². The van der Waals surface area contributed by atoms with Crippen molar-refractivity contribution in [2.24, 2.45) is 0 Å². The highest BCUT2D eigenvalue weighted by Crippen LogP contribution is 2.08. The molecule has 0 amide bonds. The second-order valence-electron chi connectivity index (χ2n) is 3.30. The van der Waals surface area contributed by atoms with Gasteiger partial charge in [0.1, 0.15) is 5.76 Å². The predicted octanol–water partition coefficient (Wildman–Crippen LogP) is 0.151. The molecular weight excluding hydrogens is 234 g/mol. The van der Waals surface area contributed by atoms with Gasteiger partial charge in [-0.2, -0.15) is 8.42 Å². The summed E-state index contributed by atoms with van der Waals surface area (Å²) in [5, 5.41) is 0. The van der Waals surface area contributed by atoms with Crippen LogP contribution in [0.4, 0.5) is 0 Å². The van der Waals surface area contributed by atoms with E-state index in [1.165, 1.54) is 0 Å². The van der Waals surface area contributed by atoms with Crippen LogP contribution in [0.2, 0.25) is 0 Å². The highest BCUT2D eigenvalue weighted by molar-refractivity contribution is 7.85. The first-order chi connectivity index (χ1) is 7.51. The van der Waals surface area contributed by atoms with Crippen molar-refractivity contribution in [1.29, 1.82) is 0 Å². The van der Waals surface area contributed by atoms with E-state index in [9.17, 15) is 13.2 Å². The number of carbonyl (C=O) groups is 1. The minimum Gasteiger partial charge on any atom is -0.431 e. The monoisotopic (exact) mass is 247 g/mol. The summed E-state index contributed by atoms with van der Waals surface area (Å²) in [7, 11) is -3.90. The van der Waals surface area contributed by atoms with Crippen molar-refractivity contribution in [3.8, 4) is 0 Å². The summed E-state index contributed by atoms with van der Waals surface area (Å²) in [4.78, 5) is 11.9. The van der Waals surface area contributed by atoms with Gasteiger partial charge in [0, 0.05) is 6.54 Å². The largest absolute Gasteiger partial charge is 0.431 e. The molecule has 0 atom stereocenters. The van der Waals surface area contributed by atoms with Crippen LogP contribution < -0.4 is 0 Å². The summed E-state index contributed by atoms with van der Waals surface area (Å²) in [6, 6.07) is 0. The Hall–Kier alpha value is -1.34. The van der Waals surface area contributed by atoms with Crippen LogP contribution in [0.3, 0.4) is 0 Å². The normalized spacial score (nSPS) is 15.8. The number of hydrogen-bond acceptors (Lipinski definition) is 5. The third kappa shape index (κ3) is 4.94. The van der Waals surface area contributed by atoms with Crippen LogP contribution in [0.15, 0.2) is 24.1 Å². The lowest BCUT2D eigenvalue weighted by Crippen LogP contribution is -2.25. The Balaban J connectivity index is 2.33. The third-order valence-electron chi connectivity index (χ3n) is 1.99. The van der Waals surface area contributed by atoms with Gasteiger partial charge in [0.2, 0.25) is 0 Å². The maximum Gasteiger partial charge on any atom is 0.298 e. The minimum atomic E-state index is -3.90. The zero-order valence-corrected chi connectivity index (χ0v) is 9.39. The summed E-state index contributed by atoms with van der Waals surface area (Å²) >= 11 is 0. The van der Waals surface area contributed by atoms with Crippen LogP contribution in [0, 0.1) is 0 Å². The Morgan fingerprint density at radius 3 is 2.94 bits per heavy atom. The maximum atomic E-state index is 10.5. The summed E-state index contributed by atoms with van der Waals surface area (Å²) in [6.45, 7) is 1.23. The van der Waals surface area contributed by atoms with E-state index in [0.717, 1.165) is 0 Å². The van der Waals surface area contributed by atoms with Gasteiger partial charge in [0.25, 0.3) is 16.6 Å². The van der Waals surface area contributed by atoms with Crippen molar-refractivity contribution < 1.29 is 22.5 Å². The second kappa shape index (κ2) is 5.66. The topological polar surface area (TPSA) is 83.9 Å². The van der Waals surface area contributed by atoms with Gasteiger partial charge in [-0.15, -0.1) is 0 Å². The molecule has 0 aromatic rings. The van der Waals surface area contributed by atoms with Gasteiger partial charge < -0.3 is 9.64 Å². The molecule has 1 aliphatic rings. The molecule has 0 aliphatic carbocycles. The summed E-state index contributed by atoms with van der Waals surface area (Å²) in [5.41, 5.74) is 0. The molecule has 7 heteroatoms. The molecule has 90 valence electrons. The average molecular weight is 247 g/mol. The van der Waals surface area contributed by atoms with E-state index in [1.54, 1.807) is 23.3 Å². The SMILES string of the molecule is O=COC1=CC=CN(CCCS(=O)(=O)O)C1. The van der Waals surface area contributed by atoms with Crippen molar-refractivity contribution in [3.63, 3.8) is 0 Å². The number of nitrogens with zero attached hydrogens (tertiary/aromatic N) is 1. The quantitative estimate of drug-likeness (QED) is 0.531. The van der Waals surface area contributed by atoms with E-state index in [1.807, 2.05) is 0 Å². The van der Waals surface area contributed by atoms with E-state index < -0.39 is 10.1 Å². The van der Waals surface area contributed by atoms with Gasteiger partial charge in [0.15, 0.2) is 0 Å². The van der Waals surface area contributed by atoms with Crippen LogP contribution in [-0.4, -0.2) is 43.2 Å². The smallest absolute Gasteiger partial charge is 0.298 e. The van der Waals surface area contributed by atoms with Crippen LogP contribution in [0.5, 0.6) is 0 Å². The zero-order chi connectivity index (χ0) is 12.0. The maximum absolute atomic E-state index is 10.5. The van der Waals surface area contributed by atoms with Gasteiger partial charge in [-0.05, 0) is 24.8 Å². The molecular formula is C9H13NO5S. The Bertz CT molecular complexity index is 398. The first-order valence-electron chi connectivity index (χ1n) is 4.68. The van der Waals surface area contributed by atoms with Crippen molar-refractivity contribution in [1.82, 2.24) is 4.90 Å². The van der Waals surface area contributed by atoms with E-state index in [-0.39, 0.29) is 5.75 Å². The Kier molecular flexibility index (Phi) is 4.51. The van der Waals surface area contributed by atoms with Crippen LogP contribution >= 0.6 is 0 Å². The molecule has 0 spiro atoms. The van der Waals surface area contributed by atoms with Gasteiger partial charge in [-0.3, -0.25) is 9.35 Å². The van der Waals surface area contributed by atoms with Gasteiger partial charge >= 0.3 is 0 Å². The van der Waals surface area contributed by atoms with Gasteiger partial charge in [0.05, 0.1) is 12.3 Å². The fraction of sp³-hybridized carbons (Fsp3) is 0.444. The minimum absolute atomic E-state index is 0.273. The van der Waals surface area contributed by atoms with Crippen molar-refractivity contribution >= 4 is 16.6 Å². The number of carbonyl (C=O) groups excluding carboxylic acids is 1. The fourth-order valence-electron chi connectivity index (χ4n) is 1.32. The highest BCUT2D eigenvalue weighted by atomic mass is 32.2. The lowest BCUT2D eigenvalue weighted by Gasteiger charge is -2.22. The first-order valence-corrected chi connectivity index (χ1v) is 6.29. The van der Waals surface area contributed by atoms with Gasteiger partial charge in [-0.1, -0.05) is 0 Å². The van der Waals surface area contributed by atoms with Crippen LogP contribution in [0.25, 0.3) is 0 Å². The number of ether oxygens (including phenoxy) is 1. The summed E-state index contributed by atoms with van der Waals surface area (Å²) in [6.07, 6.45) is 5.45. The third-order valence-corrected chi connectivity index (χ3v) is 2.79. The predicted molar refractivity (Wildman–Crippen MR) is 57.0 cm³/mol. The van der Waals surface area contributed by atoms with E-state index in [4.69, 9.17) is 4.55 Å². The molecule has 16 heavy (non-hydrogen) atoms. The first kappa shape index (κ1) is 12.7. The molecule has 0 radical (unpaired) electrons. The molecule has 1 heterocycles. The summed E-state index contributed by atoms with van der Waals surface area (Å²) in [5.74, 6) is 0.231. The number of hydrogen-bond donors (Lipinski definition) is 1. The van der Waals surface area contributed by atoms with Crippen molar-refractivity contribution in [3.05, 3.63) is 24.1 Å². The zero-order valence-electron chi connectivity index (χ0n) is 8.57. The second-order valence-corrected chi connectivity index (χ2v) is 4.87. The lowest BCUT2D eigenvalue weighted by molar-refractivity contribution is -0.125. The molecule has 0 aromatic heterocycles. The van der Waals surface area contributed by atoms with Crippen LogP contribution in [0.1, 0.15) is 6.42 Å². The standard InChI is InChI=1S/C9H13NO5S/c11-8-15-9-3-1-4-10(7-9)5-2-6-16(12,13)14/h1,3-4,8H,2,5-7H2,(H,12,13,14). The summed E-state index contributed by atoms with van der Waals surface area (Å²) < 4.78 is 34.2.